The number of rotatable bonds is 5. The van der Waals surface area contributed by atoms with Crippen LogP contribution in [0.4, 0.5) is 0 Å². The highest BCUT2D eigenvalue weighted by Gasteiger charge is 2.28. The van der Waals surface area contributed by atoms with E-state index in [1.165, 1.54) is 7.11 Å². The van der Waals surface area contributed by atoms with Crippen LogP contribution in [0, 0.1) is 6.92 Å². The zero-order valence-electron chi connectivity index (χ0n) is 11.6. The average molecular weight is 270 g/mol. The van der Waals surface area contributed by atoms with Crippen LogP contribution in [-0.4, -0.2) is 24.1 Å². The highest BCUT2D eigenvalue weighted by Crippen LogP contribution is 2.23. The first-order chi connectivity index (χ1) is 9.63. The van der Waals surface area contributed by atoms with Crippen LogP contribution in [0.25, 0.3) is 0 Å². The maximum Gasteiger partial charge on any atom is 0.194 e. The van der Waals surface area contributed by atoms with E-state index in [2.05, 4.69) is 0 Å². The molecule has 20 heavy (non-hydrogen) atoms. The molecule has 0 fully saturated rings. The van der Waals surface area contributed by atoms with Crippen molar-refractivity contribution in [1.82, 2.24) is 0 Å². The van der Waals surface area contributed by atoms with Crippen molar-refractivity contribution in [1.29, 1.82) is 0 Å². The normalized spacial score (nSPS) is 13.8. The van der Waals surface area contributed by atoms with Gasteiger partial charge in [-0.25, -0.2) is 0 Å². The van der Waals surface area contributed by atoms with Crippen molar-refractivity contribution in [2.75, 3.05) is 7.11 Å². The third kappa shape index (κ3) is 3.13. The molecule has 1 N–H and O–H groups in total. The van der Waals surface area contributed by atoms with Gasteiger partial charge in [-0.15, -0.1) is 0 Å². The van der Waals surface area contributed by atoms with Crippen molar-refractivity contribution in [3.05, 3.63) is 71.3 Å². The molecule has 0 heterocycles. The molecule has 0 unspecified atom stereocenters. The molecule has 2 aromatic carbocycles. The molecule has 0 bridgehead atoms. The molecule has 104 valence electrons. The highest BCUT2D eigenvalue weighted by molar-refractivity contribution is 5.99. The van der Waals surface area contributed by atoms with Gasteiger partial charge in [-0.1, -0.05) is 60.2 Å². The standard InChI is InChI=1S/C17H18O3/c1-12-8-10-13(11-9-12)15(18)16(19)17(20-2)14-6-4-3-5-7-14/h3-11,16-17,19H,1-2H3/t16-,17-/m0/s1. The Kier molecular flexibility index (Phi) is 4.66. The van der Waals surface area contributed by atoms with E-state index in [4.69, 9.17) is 4.74 Å². The summed E-state index contributed by atoms with van der Waals surface area (Å²) in [5.41, 5.74) is 2.34. The minimum absolute atomic E-state index is 0.333. The number of benzene rings is 2. The Morgan fingerprint density at radius 2 is 1.65 bits per heavy atom. The SMILES string of the molecule is CO[C@@H](c1ccccc1)[C@@H](O)C(=O)c1ccc(C)cc1. The fourth-order valence-corrected chi connectivity index (χ4v) is 2.12. The smallest absolute Gasteiger partial charge is 0.194 e. The zero-order valence-corrected chi connectivity index (χ0v) is 11.6. The van der Waals surface area contributed by atoms with Crippen LogP contribution in [0.15, 0.2) is 54.6 Å². The van der Waals surface area contributed by atoms with Crippen LogP contribution in [0.3, 0.4) is 0 Å². The van der Waals surface area contributed by atoms with Gasteiger partial charge in [0.05, 0.1) is 0 Å². The van der Waals surface area contributed by atoms with E-state index in [-0.39, 0.29) is 5.78 Å². The summed E-state index contributed by atoms with van der Waals surface area (Å²) in [7, 11) is 1.49. The summed E-state index contributed by atoms with van der Waals surface area (Å²) >= 11 is 0. The van der Waals surface area contributed by atoms with Gasteiger partial charge in [0.2, 0.25) is 0 Å². The lowest BCUT2D eigenvalue weighted by Gasteiger charge is -2.21. The highest BCUT2D eigenvalue weighted by atomic mass is 16.5. The molecular formula is C17H18O3. The minimum Gasteiger partial charge on any atom is -0.382 e. The van der Waals surface area contributed by atoms with Crippen LogP contribution in [0.2, 0.25) is 0 Å². The van der Waals surface area contributed by atoms with E-state index >= 15 is 0 Å². The number of methoxy groups -OCH3 is 1. The maximum absolute atomic E-state index is 12.3. The van der Waals surface area contributed by atoms with Crippen molar-refractivity contribution in [2.45, 2.75) is 19.1 Å². The van der Waals surface area contributed by atoms with Crippen molar-refractivity contribution in [3.63, 3.8) is 0 Å². The molecule has 2 atom stereocenters. The van der Waals surface area contributed by atoms with E-state index in [9.17, 15) is 9.90 Å². The van der Waals surface area contributed by atoms with Crippen LogP contribution in [-0.2, 0) is 4.74 Å². The lowest BCUT2D eigenvalue weighted by molar-refractivity contribution is -0.00430. The molecule has 0 aliphatic carbocycles. The Morgan fingerprint density at radius 1 is 1.05 bits per heavy atom. The summed E-state index contributed by atoms with van der Waals surface area (Å²) in [5.74, 6) is -0.333. The predicted molar refractivity (Wildman–Crippen MR) is 77.7 cm³/mol. The van der Waals surface area contributed by atoms with Crippen LogP contribution in [0.5, 0.6) is 0 Å². The zero-order chi connectivity index (χ0) is 14.5. The number of Topliss-reactive ketones (excluding diaryl/α,β-unsaturated/α-hetero) is 1. The molecule has 0 saturated carbocycles. The lowest BCUT2D eigenvalue weighted by atomic mass is 9.97. The summed E-state index contributed by atoms with van der Waals surface area (Å²) in [4.78, 5) is 12.3. The topological polar surface area (TPSA) is 46.5 Å². The molecule has 0 aliphatic heterocycles. The summed E-state index contributed by atoms with van der Waals surface area (Å²) in [6.45, 7) is 1.95. The number of aliphatic hydroxyl groups excluding tert-OH is 1. The van der Waals surface area contributed by atoms with Crippen LogP contribution in [0.1, 0.15) is 27.6 Å². The predicted octanol–water partition coefficient (Wildman–Crippen LogP) is 2.93. The number of ketones is 1. The van der Waals surface area contributed by atoms with Gasteiger partial charge in [0.15, 0.2) is 5.78 Å². The largest absolute Gasteiger partial charge is 0.382 e. The van der Waals surface area contributed by atoms with Gasteiger partial charge >= 0.3 is 0 Å². The molecule has 0 saturated heterocycles. The summed E-state index contributed by atoms with van der Waals surface area (Å²) in [6.07, 6.45) is -1.88. The Labute approximate surface area is 118 Å². The van der Waals surface area contributed by atoms with E-state index in [0.717, 1.165) is 11.1 Å². The second kappa shape index (κ2) is 6.46. The van der Waals surface area contributed by atoms with Gasteiger partial charge in [-0.2, -0.15) is 0 Å². The van der Waals surface area contributed by atoms with Gasteiger partial charge in [0, 0.05) is 12.7 Å². The van der Waals surface area contributed by atoms with E-state index in [1.807, 2.05) is 49.4 Å². The van der Waals surface area contributed by atoms with Gasteiger partial charge in [0.1, 0.15) is 12.2 Å². The average Bonchev–Trinajstić information content (AvgIpc) is 2.49. The molecule has 3 heteroatoms. The minimum atomic E-state index is -1.22. The number of carbonyl (C=O) groups is 1. The van der Waals surface area contributed by atoms with Crippen molar-refractivity contribution >= 4 is 5.78 Å². The number of aryl methyl sites for hydroxylation is 1. The third-order valence-electron chi connectivity index (χ3n) is 3.27. The number of carbonyl (C=O) groups excluding carboxylic acids is 1. The fourth-order valence-electron chi connectivity index (χ4n) is 2.12. The third-order valence-corrected chi connectivity index (χ3v) is 3.27. The Balaban J connectivity index is 2.22. The van der Waals surface area contributed by atoms with Gasteiger partial charge < -0.3 is 9.84 Å². The summed E-state index contributed by atoms with van der Waals surface area (Å²) in [5, 5.41) is 10.3. The van der Waals surface area contributed by atoms with Crippen LogP contribution >= 0.6 is 0 Å². The summed E-state index contributed by atoms with van der Waals surface area (Å²) in [6, 6.07) is 16.4. The van der Waals surface area contributed by atoms with Gasteiger partial charge in [0.25, 0.3) is 0 Å². The number of hydrogen-bond acceptors (Lipinski definition) is 3. The molecular weight excluding hydrogens is 252 g/mol. The first-order valence-electron chi connectivity index (χ1n) is 6.50. The molecule has 0 radical (unpaired) electrons. The second-order valence-corrected chi connectivity index (χ2v) is 4.74. The van der Waals surface area contributed by atoms with E-state index in [1.54, 1.807) is 12.1 Å². The first kappa shape index (κ1) is 14.4. The number of ether oxygens (including phenoxy) is 1. The number of aliphatic hydroxyl groups is 1. The van der Waals surface area contributed by atoms with Crippen molar-refractivity contribution < 1.29 is 14.6 Å². The van der Waals surface area contributed by atoms with E-state index < -0.39 is 12.2 Å². The molecule has 2 rings (SSSR count). The summed E-state index contributed by atoms with van der Waals surface area (Å²) < 4.78 is 5.29. The maximum atomic E-state index is 12.3. The Bertz CT molecular complexity index is 561. The Morgan fingerprint density at radius 3 is 2.20 bits per heavy atom. The quantitative estimate of drug-likeness (QED) is 0.850. The molecule has 0 spiro atoms. The van der Waals surface area contributed by atoms with Crippen LogP contribution < -0.4 is 0 Å². The van der Waals surface area contributed by atoms with E-state index in [0.29, 0.717) is 5.56 Å². The fraction of sp³-hybridized carbons (Fsp3) is 0.235. The Hall–Kier alpha value is -1.97. The second-order valence-electron chi connectivity index (χ2n) is 4.74. The number of hydrogen-bond donors (Lipinski definition) is 1. The van der Waals surface area contributed by atoms with Crippen molar-refractivity contribution in [2.24, 2.45) is 0 Å². The first-order valence-corrected chi connectivity index (χ1v) is 6.50. The molecule has 0 amide bonds. The lowest BCUT2D eigenvalue weighted by Crippen LogP contribution is -2.29. The van der Waals surface area contributed by atoms with Gasteiger partial charge in [-0.05, 0) is 12.5 Å². The van der Waals surface area contributed by atoms with Crippen molar-refractivity contribution in [3.8, 4) is 0 Å². The molecule has 3 nitrogen and oxygen atoms in total. The monoisotopic (exact) mass is 270 g/mol. The molecule has 0 aromatic heterocycles. The van der Waals surface area contributed by atoms with Gasteiger partial charge in [-0.3, -0.25) is 4.79 Å². The molecule has 2 aromatic rings. The molecule has 0 aliphatic rings.